The molecule has 0 aliphatic carbocycles. The predicted octanol–water partition coefficient (Wildman–Crippen LogP) is 7.13. The maximum atomic E-state index is 13.8. The number of ether oxygens (including phenoxy) is 3. The van der Waals surface area contributed by atoms with Crippen LogP contribution in [0.25, 0.3) is 32.8 Å². The third-order valence-electron chi connectivity index (χ3n) is 8.32. The number of amides is 1. The molecule has 3 aromatic carbocycles. The van der Waals surface area contributed by atoms with Gasteiger partial charge >= 0.3 is 12.1 Å². The number of esters is 1. The molecule has 1 N–H and O–H groups in total. The largest absolute Gasteiger partial charge is 0.493 e. The molecule has 10 nitrogen and oxygen atoms in total. The summed E-state index contributed by atoms with van der Waals surface area (Å²) in [6.45, 7) is 8.68. The van der Waals surface area contributed by atoms with Gasteiger partial charge in [0.2, 0.25) is 0 Å². The van der Waals surface area contributed by atoms with Crippen molar-refractivity contribution in [2.75, 3.05) is 26.8 Å². The van der Waals surface area contributed by atoms with Crippen LogP contribution in [-0.2, 0) is 36.1 Å². The Labute approximate surface area is 281 Å². The van der Waals surface area contributed by atoms with E-state index in [1.54, 1.807) is 36.8 Å². The topological polar surface area (TPSA) is 108 Å². The van der Waals surface area contributed by atoms with Gasteiger partial charge in [-0.2, -0.15) is 5.10 Å². The lowest BCUT2D eigenvalue weighted by molar-refractivity contribution is 0.0294. The molecule has 0 bridgehead atoms. The van der Waals surface area contributed by atoms with E-state index in [1.165, 1.54) is 0 Å². The van der Waals surface area contributed by atoms with Crippen molar-refractivity contribution in [3.05, 3.63) is 83.8 Å². The van der Waals surface area contributed by atoms with Gasteiger partial charge in [-0.15, -0.1) is 0 Å². The van der Waals surface area contributed by atoms with Crippen LogP contribution in [0.2, 0.25) is 0 Å². The highest BCUT2D eigenvalue weighted by Crippen LogP contribution is 2.37. The summed E-state index contributed by atoms with van der Waals surface area (Å²) in [5.74, 6) is 0.421. The van der Waals surface area contributed by atoms with Crippen LogP contribution in [-0.4, -0.2) is 68.8 Å². The molecule has 1 amide bonds. The fraction of sp³-hybridized carbons (Fsp3) is 0.395. The van der Waals surface area contributed by atoms with E-state index in [9.17, 15) is 14.7 Å². The molecule has 254 valence electrons. The van der Waals surface area contributed by atoms with Gasteiger partial charge in [0.05, 0.1) is 37.2 Å². The van der Waals surface area contributed by atoms with E-state index in [2.05, 4.69) is 23.3 Å². The summed E-state index contributed by atoms with van der Waals surface area (Å²) in [7, 11) is 3.51. The first kappa shape index (κ1) is 34.5. The number of nitrogens with zero attached hydrogens (tertiary/aromatic N) is 4. The normalized spacial score (nSPS) is 11.6. The average molecular weight is 655 g/mol. The van der Waals surface area contributed by atoms with Crippen molar-refractivity contribution in [2.45, 2.75) is 65.7 Å². The van der Waals surface area contributed by atoms with Crippen molar-refractivity contribution >= 4 is 33.7 Å². The zero-order valence-corrected chi connectivity index (χ0v) is 28.8. The van der Waals surface area contributed by atoms with Crippen LogP contribution >= 0.6 is 0 Å². The number of carbonyl (C=O) groups excluding carboxylic acids is 2. The Kier molecular flexibility index (Phi) is 10.7. The molecule has 48 heavy (non-hydrogen) atoms. The van der Waals surface area contributed by atoms with Crippen molar-refractivity contribution in [1.82, 2.24) is 19.2 Å². The van der Waals surface area contributed by atoms with E-state index < -0.39 is 17.7 Å². The van der Waals surface area contributed by atoms with Crippen LogP contribution in [0.5, 0.6) is 5.75 Å². The number of hydrogen-bond acceptors (Lipinski definition) is 7. The number of hydrogen-bond donors (Lipinski definition) is 1. The fourth-order valence-corrected chi connectivity index (χ4v) is 6.13. The number of fused-ring (bicyclic) bond motifs is 2. The summed E-state index contributed by atoms with van der Waals surface area (Å²) < 4.78 is 21.1. The van der Waals surface area contributed by atoms with Gasteiger partial charge in [-0.25, -0.2) is 9.59 Å². The van der Waals surface area contributed by atoms with Gasteiger partial charge in [0.25, 0.3) is 0 Å². The minimum atomic E-state index is -0.603. The Morgan fingerprint density at radius 1 is 0.958 bits per heavy atom. The third-order valence-corrected chi connectivity index (χ3v) is 8.32. The van der Waals surface area contributed by atoms with Crippen molar-refractivity contribution in [3.63, 3.8) is 0 Å². The second-order valence-electron chi connectivity index (χ2n) is 12.9. The number of aryl methyl sites for hydroxylation is 3. The highest BCUT2D eigenvalue weighted by atomic mass is 16.6. The molecule has 0 spiro atoms. The summed E-state index contributed by atoms with van der Waals surface area (Å²) in [6.07, 6.45) is 3.14. The van der Waals surface area contributed by atoms with Gasteiger partial charge in [0.15, 0.2) is 0 Å². The van der Waals surface area contributed by atoms with E-state index in [0.717, 1.165) is 44.1 Å². The van der Waals surface area contributed by atoms with E-state index in [4.69, 9.17) is 14.2 Å². The summed E-state index contributed by atoms with van der Waals surface area (Å²) in [4.78, 5) is 28.0. The molecule has 10 heteroatoms. The van der Waals surface area contributed by atoms with Crippen LogP contribution < -0.4 is 4.74 Å². The molecule has 0 atom stereocenters. The number of benzene rings is 3. The first-order chi connectivity index (χ1) is 23.0. The van der Waals surface area contributed by atoms with Crippen LogP contribution in [0.3, 0.4) is 0 Å². The second-order valence-corrected chi connectivity index (χ2v) is 12.9. The molecule has 0 unspecified atom stereocenters. The lowest BCUT2D eigenvalue weighted by atomic mass is 10.00. The van der Waals surface area contributed by atoms with Crippen LogP contribution in [0.4, 0.5) is 4.79 Å². The van der Waals surface area contributed by atoms with Crippen LogP contribution in [0.1, 0.15) is 62.3 Å². The zero-order chi connectivity index (χ0) is 34.4. The number of carbonyl (C=O) groups is 2. The van der Waals surface area contributed by atoms with Gasteiger partial charge in [-0.3, -0.25) is 4.68 Å². The molecule has 2 heterocycles. The third kappa shape index (κ3) is 7.49. The van der Waals surface area contributed by atoms with Crippen LogP contribution in [0.15, 0.2) is 66.9 Å². The molecule has 0 saturated carbocycles. The van der Waals surface area contributed by atoms with Crippen molar-refractivity contribution in [1.29, 1.82) is 0 Å². The summed E-state index contributed by atoms with van der Waals surface area (Å²) in [5, 5.41) is 17.8. The maximum Gasteiger partial charge on any atom is 0.410 e. The van der Waals surface area contributed by atoms with E-state index in [0.29, 0.717) is 50.3 Å². The van der Waals surface area contributed by atoms with Gasteiger partial charge in [-0.1, -0.05) is 54.6 Å². The average Bonchev–Trinajstić information content (AvgIpc) is 3.59. The zero-order valence-electron chi connectivity index (χ0n) is 28.8. The highest BCUT2D eigenvalue weighted by molar-refractivity contribution is 6.04. The summed E-state index contributed by atoms with van der Waals surface area (Å²) >= 11 is 0. The number of aromatic nitrogens is 3. The molecular formula is C38H46N4O6. The van der Waals surface area contributed by atoms with Crippen molar-refractivity contribution in [3.8, 4) is 16.9 Å². The molecule has 0 radical (unpaired) electrons. The molecule has 0 saturated heterocycles. The summed E-state index contributed by atoms with van der Waals surface area (Å²) in [6, 6.07) is 20.2. The van der Waals surface area contributed by atoms with Gasteiger partial charge in [0, 0.05) is 49.1 Å². The lowest BCUT2D eigenvalue weighted by Gasteiger charge is -2.24. The Hall–Kier alpha value is -4.83. The lowest BCUT2D eigenvalue weighted by Crippen LogP contribution is -2.35. The highest BCUT2D eigenvalue weighted by Gasteiger charge is 2.27. The minimum absolute atomic E-state index is 0.188. The quantitative estimate of drug-likeness (QED) is 0.106. The maximum absolute atomic E-state index is 13.8. The Balaban J connectivity index is 1.52. The fourth-order valence-electron chi connectivity index (χ4n) is 6.13. The van der Waals surface area contributed by atoms with E-state index in [1.807, 2.05) is 67.8 Å². The van der Waals surface area contributed by atoms with E-state index >= 15 is 0 Å². The smallest absolute Gasteiger partial charge is 0.410 e. The molecular weight excluding hydrogens is 608 g/mol. The Morgan fingerprint density at radius 2 is 1.69 bits per heavy atom. The van der Waals surface area contributed by atoms with Crippen molar-refractivity contribution < 1.29 is 28.9 Å². The number of rotatable bonds is 13. The Morgan fingerprint density at radius 3 is 2.44 bits per heavy atom. The molecule has 5 rings (SSSR count). The Bertz CT molecular complexity index is 1900. The SMILES string of the molecule is CCOC(=O)c1c(CCCOc2cccc3ccccc23)c2cccc(-c3cnn(C)c3CO)c2n1CCCN(C)C(=O)OC(C)(C)C. The molecule has 5 aromatic rings. The predicted molar refractivity (Wildman–Crippen MR) is 187 cm³/mol. The van der Waals surface area contributed by atoms with E-state index in [-0.39, 0.29) is 13.2 Å². The first-order valence-corrected chi connectivity index (χ1v) is 16.5. The second kappa shape index (κ2) is 14.9. The number of aliphatic hydroxyl groups is 1. The molecule has 0 fully saturated rings. The number of para-hydroxylation sites is 1. The molecule has 0 aliphatic rings. The molecule has 0 aliphatic heterocycles. The minimum Gasteiger partial charge on any atom is -0.493 e. The van der Waals surface area contributed by atoms with Gasteiger partial charge in [0.1, 0.15) is 17.0 Å². The molecule has 2 aromatic heterocycles. The standard InChI is InChI=1S/C38H46N4O6/c1-7-46-36(44)35-29(19-12-23-47-33-20-10-15-26-14-8-9-16-27(26)33)28-17-11-18-30(31-24-39-41(6)32(31)25-43)34(28)42(35)22-13-21-40(5)37(45)48-38(2,3)4/h8-11,14-18,20,24,43H,7,12-13,19,21-23,25H2,1-6H3. The van der Waals surface area contributed by atoms with Crippen molar-refractivity contribution in [2.24, 2.45) is 7.05 Å². The monoisotopic (exact) mass is 654 g/mol. The van der Waals surface area contributed by atoms with Gasteiger partial charge in [-0.05, 0) is 64.0 Å². The number of aliphatic hydroxyl groups excluding tert-OH is 1. The van der Waals surface area contributed by atoms with Crippen LogP contribution in [0, 0.1) is 0 Å². The van der Waals surface area contributed by atoms with Gasteiger partial charge < -0.3 is 28.8 Å². The first-order valence-electron chi connectivity index (χ1n) is 16.5. The summed E-state index contributed by atoms with van der Waals surface area (Å²) in [5.41, 5.74) is 3.93.